The largest absolute Gasteiger partial charge is 0.504 e. The first kappa shape index (κ1) is 26.5. The normalized spacial score (nSPS) is 19.2. The summed E-state index contributed by atoms with van der Waals surface area (Å²) in [6, 6.07) is 2.36. The summed E-state index contributed by atoms with van der Waals surface area (Å²) in [7, 11) is 0. The molecule has 4 rings (SSSR count). The number of amides is 2. The molecule has 0 radical (unpaired) electrons. The summed E-state index contributed by atoms with van der Waals surface area (Å²) in [5, 5.41) is 44.0. The number of phenols is 2. The van der Waals surface area contributed by atoms with Gasteiger partial charge in [0, 0.05) is 11.1 Å². The summed E-state index contributed by atoms with van der Waals surface area (Å²) in [4.78, 5) is 54.4. The van der Waals surface area contributed by atoms with E-state index in [0.717, 1.165) is 28.4 Å². The van der Waals surface area contributed by atoms with Crippen molar-refractivity contribution in [2.45, 2.75) is 11.4 Å². The lowest BCUT2D eigenvalue weighted by Crippen LogP contribution is -2.71. The number of oxime groups is 1. The minimum atomic E-state index is -1.36. The highest BCUT2D eigenvalue weighted by Gasteiger charge is 2.54. The second-order valence-corrected chi connectivity index (χ2v) is 9.76. The van der Waals surface area contributed by atoms with Gasteiger partial charge in [-0.1, -0.05) is 11.2 Å². The Balaban J connectivity index is 1.41. The molecule has 7 N–H and O–H groups in total. The highest BCUT2D eigenvalue weighted by Crippen LogP contribution is 2.40. The van der Waals surface area contributed by atoms with E-state index < -0.39 is 52.4 Å². The Hall–Kier alpha value is -4.57. The van der Waals surface area contributed by atoms with Crippen LogP contribution < -0.4 is 11.1 Å². The van der Waals surface area contributed by atoms with E-state index >= 15 is 0 Å². The topological polar surface area (TPSA) is 225 Å². The molecular weight excluding hydrogens is 542 g/mol. The number of rotatable bonds is 8. The van der Waals surface area contributed by atoms with Gasteiger partial charge in [-0.3, -0.25) is 14.5 Å². The van der Waals surface area contributed by atoms with Gasteiger partial charge in [-0.25, -0.2) is 14.6 Å². The van der Waals surface area contributed by atoms with E-state index in [0.29, 0.717) is 0 Å². The minimum absolute atomic E-state index is 0.00196. The molecule has 1 aromatic carbocycles. The number of nitrogen functional groups attached to an aromatic ring is 1. The Labute approximate surface area is 221 Å². The number of carbonyl (C=O) groups excluding carboxylic acids is 3. The SMILES string of the molecule is Nc1nc(/C(=N/O)C(=O)NC2C(=O)N3C(C(=O)O)=C(/C=C/COC(=O)c4ccc(O)c(O)c4)CS[C@@H]23)cs1. The Bertz CT molecular complexity index is 1420. The minimum Gasteiger partial charge on any atom is -0.504 e. The zero-order chi connectivity index (χ0) is 27.6. The maximum Gasteiger partial charge on any atom is 0.352 e. The number of esters is 1. The van der Waals surface area contributed by atoms with Crippen LogP contribution in [0.15, 0.2) is 52.2 Å². The maximum atomic E-state index is 12.8. The molecule has 3 heterocycles. The molecule has 0 spiro atoms. The molecule has 14 nitrogen and oxygen atoms in total. The van der Waals surface area contributed by atoms with Gasteiger partial charge in [-0.05, 0) is 29.8 Å². The number of fused-ring (bicyclic) bond motifs is 1. The number of hydrogen-bond donors (Lipinski definition) is 6. The predicted molar refractivity (Wildman–Crippen MR) is 134 cm³/mol. The van der Waals surface area contributed by atoms with Crippen molar-refractivity contribution in [3.05, 3.63) is 58.3 Å². The summed E-state index contributed by atoms with van der Waals surface area (Å²) >= 11 is 2.23. The molecule has 1 unspecified atom stereocenters. The first-order valence-electron chi connectivity index (χ1n) is 10.6. The average Bonchev–Trinajstić information content (AvgIpc) is 3.31. The highest BCUT2D eigenvalue weighted by molar-refractivity contribution is 8.00. The second-order valence-electron chi connectivity index (χ2n) is 7.76. The highest BCUT2D eigenvalue weighted by atomic mass is 32.2. The number of nitrogens with two attached hydrogens (primary N) is 1. The number of ether oxygens (including phenoxy) is 1. The zero-order valence-electron chi connectivity index (χ0n) is 19.1. The fraction of sp³-hybridized carbons (Fsp3) is 0.182. The molecule has 1 fully saturated rings. The van der Waals surface area contributed by atoms with Crippen molar-refractivity contribution >= 4 is 57.7 Å². The molecule has 198 valence electrons. The molecule has 1 aromatic heterocycles. The number of nitrogens with zero attached hydrogens (tertiary/aromatic N) is 3. The van der Waals surface area contributed by atoms with Gasteiger partial charge in [-0.2, -0.15) is 0 Å². The predicted octanol–water partition coefficient (Wildman–Crippen LogP) is 0.467. The van der Waals surface area contributed by atoms with Crippen LogP contribution >= 0.6 is 23.1 Å². The van der Waals surface area contributed by atoms with Gasteiger partial charge in [0.25, 0.3) is 11.8 Å². The molecule has 38 heavy (non-hydrogen) atoms. The van der Waals surface area contributed by atoms with Crippen molar-refractivity contribution < 1.29 is 44.4 Å². The number of carbonyl (C=O) groups is 4. The molecule has 16 heteroatoms. The lowest BCUT2D eigenvalue weighted by atomic mass is 10.0. The molecule has 1 saturated heterocycles. The Morgan fingerprint density at radius 2 is 2.05 bits per heavy atom. The van der Waals surface area contributed by atoms with Crippen molar-refractivity contribution in [2.24, 2.45) is 5.16 Å². The number of nitrogens with one attached hydrogen (secondary N) is 1. The van der Waals surface area contributed by atoms with Gasteiger partial charge in [-0.15, -0.1) is 23.1 Å². The van der Waals surface area contributed by atoms with E-state index in [1.807, 2.05) is 0 Å². The molecule has 0 saturated carbocycles. The van der Waals surface area contributed by atoms with Crippen molar-refractivity contribution in [3.63, 3.8) is 0 Å². The lowest BCUT2D eigenvalue weighted by Gasteiger charge is -2.49. The molecule has 2 aliphatic rings. The first-order chi connectivity index (χ1) is 18.1. The van der Waals surface area contributed by atoms with Gasteiger partial charge >= 0.3 is 11.9 Å². The Kier molecular flexibility index (Phi) is 7.54. The number of benzene rings is 1. The summed E-state index contributed by atoms with van der Waals surface area (Å²) in [5.41, 5.74) is 5.12. The number of hydrogen-bond acceptors (Lipinski definition) is 13. The van der Waals surface area contributed by atoms with E-state index in [9.17, 15) is 39.7 Å². The second kappa shape index (κ2) is 10.8. The third kappa shape index (κ3) is 5.12. The van der Waals surface area contributed by atoms with Crippen LogP contribution in [0, 0.1) is 0 Å². The van der Waals surface area contributed by atoms with Crippen LogP contribution in [0.5, 0.6) is 11.5 Å². The van der Waals surface area contributed by atoms with Crippen LogP contribution in [0.3, 0.4) is 0 Å². The monoisotopic (exact) mass is 561 g/mol. The van der Waals surface area contributed by atoms with Crippen molar-refractivity contribution in [3.8, 4) is 11.5 Å². The van der Waals surface area contributed by atoms with Crippen LogP contribution in [0.25, 0.3) is 0 Å². The van der Waals surface area contributed by atoms with Crippen LogP contribution in [0.4, 0.5) is 5.13 Å². The molecular formula is C22H19N5O9S2. The number of carboxylic acid groups (broad SMARTS) is 1. The maximum absolute atomic E-state index is 12.8. The van der Waals surface area contributed by atoms with Crippen molar-refractivity contribution in [1.29, 1.82) is 0 Å². The molecule has 2 aliphatic heterocycles. The third-order valence-corrected chi connectivity index (χ3v) is 7.38. The number of aromatic hydroxyl groups is 2. The third-order valence-electron chi connectivity index (χ3n) is 5.41. The van der Waals surface area contributed by atoms with E-state index in [1.165, 1.54) is 35.4 Å². The fourth-order valence-corrected chi connectivity index (χ4v) is 5.50. The number of carboxylic acids is 1. The average molecular weight is 562 g/mol. The number of anilines is 1. The number of thioether (sulfide) groups is 1. The Morgan fingerprint density at radius 1 is 1.29 bits per heavy atom. The number of aliphatic carboxylic acids is 1. The van der Waals surface area contributed by atoms with Gasteiger partial charge < -0.3 is 36.3 Å². The number of thiazole rings is 1. The lowest BCUT2D eigenvalue weighted by molar-refractivity contribution is -0.150. The summed E-state index contributed by atoms with van der Waals surface area (Å²) in [6.45, 7) is -0.234. The summed E-state index contributed by atoms with van der Waals surface area (Å²) in [6.07, 6.45) is 2.81. The van der Waals surface area contributed by atoms with Crippen molar-refractivity contribution in [2.75, 3.05) is 18.1 Å². The van der Waals surface area contributed by atoms with E-state index in [1.54, 1.807) is 0 Å². The first-order valence-corrected chi connectivity index (χ1v) is 12.6. The number of phenolic OH excluding ortho intramolecular Hbond substituents is 2. The molecule has 2 amide bonds. The van der Waals surface area contributed by atoms with Crippen LogP contribution in [-0.2, 0) is 19.1 Å². The van der Waals surface area contributed by atoms with Gasteiger partial charge in [0.1, 0.15) is 29.4 Å². The van der Waals surface area contributed by atoms with Crippen LogP contribution in [-0.4, -0.2) is 83.7 Å². The quantitative estimate of drug-likeness (QED) is 0.0646. The standard InChI is InChI=1S/C22H19N5O9S2/c23-22-24-11(8-38-22)14(26-35)17(30)25-15-18(31)27-16(20(32)33)10(7-37-19(15)27)2-1-5-36-21(34)9-3-4-12(28)13(29)6-9/h1-4,6,8,15,19,28-29,35H,5,7H2,(H2,23,24)(H,25,30)(H,32,33)/b2-1+,26-14-/t15?,19-/m0/s1. The molecule has 0 bridgehead atoms. The number of β-lactam (4-membered cyclic amide) rings is 1. The summed E-state index contributed by atoms with van der Waals surface area (Å²) in [5.74, 6) is -4.40. The van der Waals surface area contributed by atoms with Crippen LogP contribution in [0.2, 0.25) is 0 Å². The van der Waals surface area contributed by atoms with E-state index in [2.05, 4.69) is 15.5 Å². The van der Waals surface area contributed by atoms with E-state index in [4.69, 9.17) is 10.5 Å². The summed E-state index contributed by atoms with van der Waals surface area (Å²) < 4.78 is 5.06. The van der Waals surface area contributed by atoms with Gasteiger partial charge in [0.15, 0.2) is 22.3 Å². The molecule has 2 atom stereocenters. The van der Waals surface area contributed by atoms with Gasteiger partial charge in [0.2, 0.25) is 0 Å². The Morgan fingerprint density at radius 3 is 2.68 bits per heavy atom. The van der Waals surface area contributed by atoms with Gasteiger partial charge in [0.05, 0.1) is 5.56 Å². The fourth-order valence-electron chi connectivity index (χ4n) is 3.64. The number of aromatic nitrogens is 1. The zero-order valence-corrected chi connectivity index (χ0v) is 20.7. The van der Waals surface area contributed by atoms with E-state index in [-0.39, 0.29) is 40.0 Å². The smallest absolute Gasteiger partial charge is 0.352 e. The van der Waals surface area contributed by atoms with Crippen LogP contribution in [0.1, 0.15) is 16.1 Å². The molecule has 0 aliphatic carbocycles. The molecule has 2 aromatic rings. The van der Waals surface area contributed by atoms with Crippen molar-refractivity contribution in [1.82, 2.24) is 15.2 Å². The number of allylic oxidation sites excluding steroid dienone is 1.